The van der Waals surface area contributed by atoms with E-state index < -0.39 is 42.1 Å². The van der Waals surface area contributed by atoms with Gasteiger partial charge in [0.15, 0.2) is 6.29 Å². The van der Waals surface area contributed by atoms with Crippen LogP contribution in [0.3, 0.4) is 0 Å². The molecule has 0 spiro atoms. The Kier molecular flexibility index (Phi) is 12.1. The van der Waals surface area contributed by atoms with Gasteiger partial charge in [-0.1, -0.05) is 55.7 Å². The Morgan fingerprint density at radius 3 is 2.46 bits per heavy atom. The standard InChI is InChI=1S/C30H40F2O7/c1-21(33)38-25-20-26(39-29-16-10-11-19-37-29)24(23(25)14-8-3-4-9-15-28(35)36-2)17-18-27(34)30(31,32)22-12-6-5-7-13-22/h5-7,12-13,17-18,23-26,29H,3-4,8-11,14-16,19-20H2,1-2H3/b18-17+/t23?,24-,25?,26?,29?/m1/s1. The third-order valence-electron chi connectivity index (χ3n) is 7.46. The fourth-order valence-electron chi connectivity index (χ4n) is 5.44. The Hall–Kier alpha value is -2.65. The second-order valence-electron chi connectivity index (χ2n) is 10.3. The summed E-state index contributed by atoms with van der Waals surface area (Å²) in [5, 5.41) is 0. The van der Waals surface area contributed by atoms with Crippen LogP contribution in [0, 0.1) is 11.8 Å². The summed E-state index contributed by atoms with van der Waals surface area (Å²) in [4.78, 5) is 35.9. The summed E-state index contributed by atoms with van der Waals surface area (Å²) in [6.45, 7) is 1.93. The molecule has 1 saturated heterocycles. The summed E-state index contributed by atoms with van der Waals surface area (Å²) in [7, 11) is 1.36. The maximum absolute atomic E-state index is 14.9. The third-order valence-corrected chi connectivity index (χ3v) is 7.46. The Bertz CT molecular complexity index is 959. The van der Waals surface area contributed by atoms with E-state index in [9.17, 15) is 23.2 Å². The minimum atomic E-state index is -3.66. The number of hydrogen-bond donors (Lipinski definition) is 0. The first-order valence-electron chi connectivity index (χ1n) is 13.9. The van der Waals surface area contributed by atoms with Crippen molar-refractivity contribution >= 4 is 17.7 Å². The van der Waals surface area contributed by atoms with Crippen LogP contribution in [0.1, 0.15) is 76.7 Å². The molecule has 9 heteroatoms. The molecule has 5 atom stereocenters. The number of ketones is 1. The Balaban J connectivity index is 1.75. The average Bonchev–Trinajstić information content (AvgIpc) is 3.24. The van der Waals surface area contributed by atoms with Gasteiger partial charge in [-0.15, -0.1) is 0 Å². The molecule has 2 fully saturated rings. The molecule has 1 aromatic carbocycles. The fraction of sp³-hybridized carbons (Fsp3) is 0.633. The van der Waals surface area contributed by atoms with Gasteiger partial charge in [0.1, 0.15) is 6.10 Å². The zero-order valence-corrected chi connectivity index (χ0v) is 22.8. The number of carbonyl (C=O) groups is 3. The first-order valence-corrected chi connectivity index (χ1v) is 13.9. The first-order chi connectivity index (χ1) is 18.7. The van der Waals surface area contributed by atoms with Gasteiger partial charge in [0.2, 0.25) is 5.78 Å². The van der Waals surface area contributed by atoms with Crippen molar-refractivity contribution in [2.24, 2.45) is 11.8 Å². The molecule has 0 radical (unpaired) electrons. The van der Waals surface area contributed by atoms with E-state index in [0.717, 1.165) is 44.6 Å². The second-order valence-corrected chi connectivity index (χ2v) is 10.3. The van der Waals surface area contributed by atoms with E-state index >= 15 is 0 Å². The number of rotatable bonds is 14. The molecule has 1 saturated carbocycles. The van der Waals surface area contributed by atoms with Crippen LogP contribution in [-0.2, 0) is 39.3 Å². The summed E-state index contributed by atoms with van der Waals surface area (Å²) in [6, 6.07) is 7.01. The van der Waals surface area contributed by atoms with E-state index in [1.807, 2.05) is 0 Å². The van der Waals surface area contributed by atoms with Gasteiger partial charge in [0, 0.05) is 43.8 Å². The maximum Gasteiger partial charge on any atom is 0.334 e. The lowest BCUT2D eigenvalue weighted by atomic mass is 9.87. The smallest absolute Gasteiger partial charge is 0.334 e. The van der Waals surface area contributed by atoms with Crippen molar-refractivity contribution in [2.45, 2.75) is 95.6 Å². The quantitative estimate of drug-likeness (QED) is 0.162. The summed E-state index contributed by atoms with van der Waals surface area (Å²) in [5.41, 5.74) is -0.365. The molecule has 1 aliphatic carbocycles. The van der Waals surface area contributed by atoms with Gasteiger partial charge in [-0.05, 0) is 38.2 Å². The summed E-state index contributed by atoms with van der Waals surface area (Å²) in [5.74, 6) is -6.26. The van der Waals surface area contributed by atoms with Gasteiger partial charge in [-0.3, -0.25) is 14.4 Å². The molecule has 4 unspecified atom stereocenters. The Morgan fingerprint density at radius 1 is 1.05 bits per heavy atom. The van der Waals surface area contributed by atoms with E-state index in [4.69, 9.17) is 14.2 Å². The van der Waals surface area contributed by atoms with Gasteiger partial charge < -0.3 is 18.9 Å². The number of allylic oxidation sites excluding steroid dienone is 1. The SMILES string of the molecule is COC(=O)CCCCCCC1C(OC(C)=O)CC(OC2CCCCO2)[C@@H]1/C=C/C(=O)C(F)(F)c1ccccc1. The van der Waals surface area contributed by atoms with Crippen LogP contribution in [0.5, 0.6) is 0 Å². The van der Waals surface area contributed by atoms with Gasteiger partial charge in [-0.2, -0.15) is 8.78 Å². The van der Waals surface area contributed by atoms with Crippen molar-refractivity contribution in [3.63, 3.8) is 0 Å². The van der Waals surface area contributed by atoms with E-state index in [-0.39, 0.29) is 17.5 Å². The van der Waals surface area contributed by atoms with Crippen LogP contribution in [-0.4, -0.2) is 49.9 Å². The predicted octanol–water partition coefficient (Wildman–Crippen LogP) is 5.90. The molecule has 2 aliphatic rings. The number of benzene rings is 1. The minimum absolute atomic E-state index is 0.211. The number of esters is 2. The number of ether oxygens (including phenoxy) is 4. The lowest BCUT2D eigenvalue weighted by molar-refractivity contribution is -0.193. The number of hydrogen-bond acceptors (Lipinski definition) is 7. The zero-order chi connectivity index (χ0) is 28.3. The molecule has 1 aliphatic heterocycles. The topological polar surface area (TPSA) is 88.1 Å². The van der Waals surface area contributed by atoms with Crippen LogP contribution in [0.25, 0.3) is 0 Å². The monoisotopic (exact) mass is 550 g/mol. The van der Waals surface area contributed by atoms with Gasteiger partial charge in [0.25, 0.3) is 0 Å². The fourth-order valence-corrected chi connectivity index (χ4v) is 5.44. The summed E-state index contributed by atoms with van der Waals surface area (Å²) >= 11 is 0. The number of alkyl halides is 2. The zero-order valence-electron chi connectivity index (χ0n) is 22.8. The molecule has 7 nitrogen and oxygen atoms in total. The normalized spacial score (nSPS) is 25.5. The van der Waals surface area contributed by atoms with E-state index in [1.54, 1.807) is 6.07 Å². The van der Waals surface area contributed by atoms with Crippen molar-refractivity contribution in [2.75, 3.05) is 13.7 Å². The number of carbonyl (C=O) groups excluding carboxylic acids is 3. The van der Waals surface area contributed by atoms with E-state index in [2.05, 4.69) is 4.74 Å². The average molecular weight is 551 g/mol. The molecule has 216 valence electrons. The molecule has 39 heavy (non-hydrogen) atoms. The Morgan fingerprint density at radius 2 is 1.79 bits per heavy atom. The van der Waals surface area contributed by atoms with Crippen LogP contribution >= 0.6 is 0 Å². The number of methoxy groups -OCH3 is 1. The number of halogens is 2. The van der Waals surface area contributed by atoms with Crippen molar-refractivity contribution < 1.29 is 42.1 Å². The van der Waals surface area contributed by atoms with E-state index in [1.165, 1.54) is 44.4 Å². The van der Waals surface area contributed by atoms with Crippen LogP contribution in [0.15, 0.2) is 42.5 Å². The lowest BCUT2D eigenvalue weighted by Gasteiger charge is -2.29. The summed E-state index contributed by atoms with van der Waals surface area (Å²) in [6.07, 6.45) is 8.34. The summed E-state index contributed by atoms with van der Waals surface area (Å²) < 4.78 is 52.1. The molecular weight excluding hydrogens is 510 g/mol. The van der Waals surface area contributed by atoms with Crippen LogP contribution in [0.4, 0.5) is 8.78 Å². The lowest BCUT2D eigenvalue weighted by Crippen LogP contribution is -2.31. The maximum atomic E-state index is 14.9. The predicted molar refractivity (Wildman–Crippen MR) is 140 cm³/mol. The van der Waals surface area contributed by atoms with Gasteiger partial charge in [0.05, 0.1) is 13.2 Å². The van der Waals surface area contributed by atoms with Crippen molar-refractivity contribution in [1.29, 1.82) is 0 Å². The van der Waals surface area contributed by atoms with E-state index in [0.29, 0.717) is 32.3 Å². The highest BCUT2D eigenvalue weighted by Gasteiger charge is 2.46. The highest BCUT2D eigenvalue weighted by Crippen LogP contribution is 2.42. The minimum Gasteiger partial charge on any atom is -0.469 e. The molecule has 0 aromatic heterocycles. The molecule has 3 rings (SSSR count). The van der Waals surface area contributed by atoms with Gasteiger partial charge in [-0.25, -0.2) is 0 Å². The van der Waals surface area contributed by atoms with Crippen molar-refractivity contribution in [3.05, 3.63) is 48.0 Å². The van der Waals surface area contributed by atoms with Crippen LogP contribution in [0.2, 0.25) is 0 Å². The molecular formula is C30H40F2O7. The molecule has 1 heterocycles. The third kappa shape index (κ3) is 9.21. The molecule has 1 aromatic rings. The molecule has 0 N–H and O–H groups in total. The number of unbranched alkanes of at least 4 members (excludes halogenated alkanes) is 3. The van der Waals surface area contributed by atoms with Crippen LogP contribution < -0.4 is 0 Å². The highest BCUT2D eigenvalue weighted by molar-refractivity contribution is 5.96. The van der Waals surface area contributed by atoms with Gasteiger partial charge >= 0.3 is 17.9 Å². The second kappa shape index (κ2) is 15.2. The van der Waals surface area contributed by atoms with Crippen molar-refractivity contribution in [3.8, 4) is 0 Å². The Labute approximate surface area is 229 Å². The first kappa shape index (κ1) is 30.9. The highest BCUT2D eigenvalue weighted by atomic mass is 19.3. The largest absolute Gasteiger partial charge is 0.469 e. The van der Waals surface area contributed by atoms with Crippen molar-refractivity contribution in [1.82, 2.24) is 0 Å². The molecule has 0 amide bonds. The molecule has 0 bridgehead atoms.